The number of fused-ring (bicyclic) bond motifs is 6. The Balaban J connectivity index is 1.29. The third-order valence-electron chi connectivity index (χ3n) is 10.4. The second-order valence-electron chi connectivity index (χ2n) is 13.5. The summed E-state index contributed by atoms with van der Waals surface area (Å²) >= 11 is 0. The smallest absolute Gasteiger partial charge is 0.171 e. The zero-order valence-corrected chi connectivity index (χ0v) is 29.7. The van der Waals surface area contributed by atoms with Crippen LogP contribution in [0.4, 0.5) is 0 Å². The highest BCUT2D eigenvalue weighted by Gasteiger charge is 2.30. The molecule has 2 heterocycles. The Labute approximate surface area is 307 Å². The lowest BCUT2D eigenvalue weighted by atomic mass is 9.97. The zero-order chi connectivity index (χ0) is 35.4. The Morgan fingerprint density at radius 1 is 0.415 bits per heavy atom. The summed E-state index contributed by atoms with van der Waals surface area (Å²) in [7, 11) is -3.18. The molecule has 0 aliphatic heterocycles. The minimum Gasteiger partial charge on any atom is -0.309 e. The normalized spacial score (nSPS) is 11.8. The molecule has 0 saturated heterocycles. The van der Waals surface area contributed by atoms with E-state index in [2.05, 4.69) is 132 Å². The molecule has 0 aliphatic rings. The molecule has 0 unspecified atom stereocenters. The molecule has 0 atom stereocenters. The van der Waals surface area contributed by atoms with Crippen LogP contribution in [0.25, 0.3) is 71.6 Å². The summed E-state index contributed by atoms with van der Waals surface area (Å²) in [6.07, 6.45) is 0. The van der Waals surface area contributed by atoms with Gasteiger partial charge in [0.25, 0.3) is 0 Å². The van der Waals surface area contributed by atoms with Crippen molar-refractivity contribution >= 4 is 66.5 Å². The van der Waals surface area contributed by atoms with Gasteiger partial charge in [-0.15, -0.1) is 0 Å². The van der Waals surface area contributed by atoms with E-state index in [1.807, 2.05) is 72.8 Å². The Morgan fingerprint density at radius 3 is 1.70 bits per heavy atom. The van der Waals surface area contributed by atoms with Gasteiger partial charge in [-0.3, -0.25) is 0 Å². The van der Waals surface area contributed by atoms with Crippen molar-refractivity contribution in [3.63, 3.8) is 0 Å². The summed E-state index contributed by atoms with van der Waals surface area (Å²) in [6, 6.07) is 68.9. The Kier molecular flexibility index (Phi) is 7.42. The first-order valence-electron chi connectivity index (χ1n) is 17.9. The molecule has 0 radical (unpaired) electrons. The molecule has 0 amide bonds. The van der Waals surface area contributed by atoms with Crippen LogP contribution < -0.4 is 15.9 Å². The number of rotatable bonds is 6. The van der Waals surface area contributed by atoms with Crippen LogP contribution >= 0.6 is 7.14 Å². The van der Waals surface area contributed by atoms with Crippen molar-refractivity contribution in [3.8, 4) is 28.1 Å². The van der Waals surface area contributed by atoms with Crippen molar-refractivity contribution in [2.75, 3.05) is 0 Å². The molecule has 0 bridgehead atoms. The lowest BCUT2D eigenvalue weighted by molar-refractivity contribution is 0.592. The summed E-state index contributed by atoms with van der Waals surface area (Å²) in [5, 5.41) is 8.19. The van der Waals surface area contributed by atoms with Gasteiger partial charge >= 0.3 is 0 Å². The van der Waals surface area contributed by atoms with E-state index in [0.29, 0.717) is 0 Å². The molecular weight excluding hydrogens is 664 g/mol. The molecule has 53 heavy (non-hydrogen) atoms. The maximum absolute atomic E-state index is 15.5. The van der Waals surface area contributed by atoms with Gasteiger partial charge in [-0.2, -0.15) is 0 Å². The number of hydrogen-bond donors (Lipinski definition) is 0. The van der Waals surface area contributed by atoms with Gasteiger partial charge in [-0.1, -0.05) is 164 Å². The second-order valence-corrected chi connectivity index (χ2v) is 16.2. The van der Waals surface area contributed by atoms with E-state index in [1.165, 1.54) is 10.8 Å². The van der Waals surface area contributed by atoms with E-state index < -0.39 is 7.14 Å². The molecule has 0 N–H and O–H groups in total. The summed E-state index contributed by atoms with van der Waals surface area (Å²) in [5.74, 6) is 0. The van der Waals surface area contributed by atoms with E-state index in [0.717, 1.165) is 76.7 Å². The van der Waals surface area contributed by atoms with Gasteiger partial charge in [-0.05, 0) is 47.3 Å². The van der Waals surface area contributed by atoms with Crippen molar-refractivity contribution < 1.29 is 4.57 Å². The third-order valence-corrected chi connectivity index (χ3v) is 13.5. The Morgan fingerprint density at radius 2 is 0.981 bits per heavy atom. The molecule has 0 aliphatic carbocycles. The van der Waals surface area contributed by atoms with Crippen LogP contribution in [-0.4, -0.2) is 9.55 Å². The van der Waals surface area contributed by atoms with Crippen LogP contribution in [0.15, 0.2) is 200 Å². The largest absolute Gasteiger partial charge is 0.309 e. The van der Waals surface area contributed by atoms with Gasteiger partial charge in [0.1, 0.15) is 0 Å². The van der Waals surface area contributed by atoms with Gasteiger partial charge in [0, 0.05) is 54.3 Å². The van der Waals surface area contributed by atoms with Crippen molar-refractivity contribution in [3.05, 3.63) is 200 Å². The number of para-hydroxylation sites is 3. The van der Waals surface area contributed by atoms with Crippen LogP contribution in [0.1, 0.15) is 0 Å². The number of aromatic nitrogens is 2. The fourth-order valence-corrected chi connectivity index (χ4v) is 10.7. The molecule has 3 nitrogen and oxygen atoms in total. The van der Waals surface area contributed by atoms with Crippen LogP contribution in [0, 0.1) is 0 Å². The maximum Gasteiger partial charge on any atom is 0.171 e. The number of hydrogen-bond acceptors (Lipinski definition) is 2. The molecular formula is C49H33N2OP. The van der Waals surface area contributed by atoms with Gasteiger partial charge in [0.05, 0.1) is 22.2 Å². The molecule has 0 fully saturated rings. The number of benzene rings is 8. The molecule has 2 aromatic heterocycles. The lowest BCUT2D eigenvalue weighted by Crippen LogP contribution is -2.25. The van der Waals surface area contributed by atoms with E-state index in [-0.39, 0.29) is 0 Å². The molecule has 10 rings (SSSR count). The minimum absolute atomic E-state index is 0.808. The molecule has 0 spiro atoms. The Bertz CT molecular complexity index is 2970. The first-order valence-corrected chi connectivity index (χ1v) is 19.6. The fourth-order valence-electron chi connectivity index (χ4n) is 8.00. The zero-order valence-electron chi connectivity index (χ0n) is 28.8. The fraction of sp³-hybridized carbons (Fsp3) is 0. The van der Waals surface area contributed by atoms with Gasteiger partial charge in [0.2, 0.25) is 0 Å². The van der Waals surface area contributed by atoms with Crippen LogP contribution in [-0.2, 0) is 4.57 Å². The lowest BCUT2D eigenvalue weighted by Gasteiger charge is -2.21. The van der Waals surface area contributed by atoms with E-state index in [4.69, 9.17) is 4.98 Å². The predicted octanol–water partition coefficient (Wildman–Crippen LogP) is 11.5. The minimum atomic E-state index is -3.18. The molecule has 8 aromatic carbocycles. The van der Waals surface area contributed by atoms with E-state index in [1.54, 1.807) is 0 Å². The summed E-state index contributed by atoms with van der Waals surface area (Å²) in [6.45, 7) is 0. The van der Waals surface area contributed by atoms with Crippen LogP contribution in [0.5, 0.6) is 0 Å². The number of nitrogens with zero attached hydrogens (tertiary/aromatic N) is 2. The van der Waals surface area contributed by atoms with Gasteiger partial charge in [-0.25, -0.2) is 4.98 Å². The van der Waals surface area contributed by atoms with E-state index in [9.17, 15) is 0 Å². The predicted molar refractivity (Wildman–Crippen MR) is 224 cm³/mol. The highest BCUT2D eigenvalue weighted by atomic mass is 31.2. The topological polar surface area (TPSA) is 34.9 Å². The quantitative estimate of drug-likeness (QED) is 0.128. The van der Waals surface area contributed by atoms with Crippen molar-refractivity contribution in [1.29, 1.82) is 0 Å². The maximum atomic E-state index is 15.5. The highest BCUT2D eigenvalue weighted by molar-refractivity contribution is 7.85. The SMILES string of the molecule is O=P(c1ccccc1)(c1ccccc1)c1cccc(-c2cccc3c4cc5c(cc4n(-c4ccccc4)c23)c(-c2ccccc2)nc2ccccc25)c1. The molecule has 4 heteroatoms. The average molecular weight is 697 g/mol. The first-order chi connectivity index (χ1) is 26.2. The van der Waals surface area contributed by atoms with Crippen LogP contribution in [0.3, 0.4) is 0 Å². The highest BCUT2D eigenvalue weighted by Crippen LogP contribution is 2.45. The first kappa shape index (κ1) is 31.2. The van der Waals surface area contributed by atoms with Crippen molar-refractivity contribution in [2.24, 2.45) is 0 Å². The van der Waals surface area contributed by atoms with Crippen molar-refractivity contribution in [1.82, 2.24) is 9.55 Å². The average Bonchev–Trinajstić information content (AvgIpc) is 3.57. The second kappa shape index (κ2) is 12.6. The summed E-state index contributed by atoms with van der Waals surface area (Å²) in [4.78, 5) is 5.25. The monoisotopic (exact) mass is 696 g/mol. The summed E-state index contributed by atoms with van der Waals surface area (Å²) < 4.78 is 17.9. The van der Waals surface area contributed by atoms with Gasteiger partial charge in [0.15, 0.2) is 7.14 Å². The summed E-state index contributed by atoms with van der Waals surface area (Å²) in [5.41, 5.74) is 8.41. The standard InChI is InChI=1S/C49H33N2OP/c52-53(37-22-9-3-10-23-37,38-24-11-4-12-25-38)39-26-15-19-35(31-39)40-28-16-29-42-44-32-43-41-27-13-14-30-46(41)50-48(34-17-5-1-6-18-34)45(43)33-47(44)51(49(40)42)36-20-7-2-8-21-36/h1-33H. The number of pyridine rings is 1. The third kappa shape index (κ3) is 5.04. The van der Waals surface area contributed by atoms with Crippen molar-refractivity contribution in [2.45, 2.75) is 0 Å². The van der Waals surface area contributed by atoms with Gasteiger partial charge < -0.3 is 9.13 Å². The van der Waals surface area contributed by atoms with Crippen LogP contribution in [0.2, 0.25) is 0 Å². The van der Waals surface area contributed by atoms with E-state index >= 15 is 4.57 Å². The Hall–Kier alpha value is -6.54. The molecule has 0 saturated carbocycles. The molecule has 10 aromatic rings. The molecule has 250 valence electrons.